The topological polar surface area (TPSA) is 85.8 Å². The second-order valence-corrected chi connectivity index (χ2v) is 4.43. The van der Waals surface area contributed by atoms with Crippen LogP contribution in [0.15, 0.2) is 61.1 Å². The van der Waals surface area contributed by atoms with Gasteiger partial charge in [-0.05, 0) is 42.5 Å². The summed E-state index contributed by atoms with van der Waals surface area (Å²) in [4.78, 5) is 16.0. The molecule has 104 valence electrons. The molecule has 0 spiro atoms. The summed E-state index contributed by atoms with van der Waals surface area (Å²) in [5, 5.41) is 6.92. The van der Waals surface area contributed by atoms with Crippen LogP contribution in [0.25, 0.3) is 5.69 Å². The standard InChI is InChI=1S/C15H13N5O/c16-11-2-7-14(17-10-11)15(21)19-12-3-5-13(6-4-12)20-9-1-8-18-20/h1-10H,16H2,(H,19,21). The van der Waals surface area contributed by atoms with Crippen LogP contribution in [-0.4, -0.2) is 20.7 Å². The Morgan fingerprint density at radius 2 is 1.95 bits per heavy atom. The van der Waals surface area contributed by atoms with Gasteiger partial charge in [-0.25, -0.2) is 9.67 Å². The van der Waals surface area contributed by atoms with Crippen LogP contribution in [-0.2, 0) is 0 Å². The van der Waals surface area contributed by atoms with Crippen molar-refractivity contribution in [3.8, 4) is 5.69 Å². The minimum atomic E-state index is -0.276. The van der Waals surface area contributed by atoms with Gasteiger partial charge in [-0.1, -0.05) is 0 Å². The fraction of sp³-hybridized carbons (Fsp3) is 0. The summed E-state index contributed by atoms with van der Waals surface area (Å²) in [7, 11) is 0. The molecular weight excluding hydrogens is 266 g/mol. The Bertz CT molecular complexity index is 733. The van der Waals surface area contributed by atoms with Crippen molar-refractivity contribution in [2.24, 2.45) is 0 Å². The number of amides is 1. The van der Waals surface area contributed by atoms with Crippen LogP contribution in [0.5, 0.6) is 0 Å². The molecule has 1 aromatic carbocycles. The molecule has 0 atom stereocenters. The summed E-state index contributed by atoms with van der Waals surface area (Å²) in [5.41, 5.74) is 7.99. The average molecular weight is 279 g/mol. The van der Waals surface area contributed by atoms with Crippen molar-refractivity contribution in [3.05, 3.63) is 66.7 Å². The molecule has 0 radical (unpaired) electrons. The molecule has 0 bridgehead atoms. The maximum Gasteiger partial charge on any atom is 0.274 e. The fourth-order valence-corrected chi connectivity index (χ4v) is 1.85. The second kappa shape index (κ2) is 5.46. The number of rotatable bonds is 3. The van der Waals surface area contributed by atoms with E-state index in [0.717, 1.165) is 5.69 Å². The lowest BCUT2D eigenvalue weighted by Gasteiger charge is -2.06. The highest BCUT2D eigenvalue weighted by Crippen LogP contribution is 2.13. The predicted molar refractivity (Wildman–Crippen MR) is 80.2 cm³/mol. The lowest BCUT2D eigenvalue weighted by atomic mass is 10.2. The van der Waals surface area contributed by atoms with Gasteiger partial charge in [0.2, 0.25) is 0 Å². The first-order valence-electron chi connectivity index (χ1n) is 6.35. The van der Waals surface area contributed by atoms with Gasteiger partial charge in [0.1, 0.15) is 5.69 Å². The molecule has 6 heteroatoms. The van der Waals surface area contributed by atoms with Gasteiger partial charge >= 0.3 is 0 Å². The molecule has 0 aliphatic rings. The predicted octanol–water partition coefficient (Wildman–Crippen LogP) is 2.10. The summed E-state index contributed by atoms with van der Waals surface area (Å²) < 4.78 is 1.74. The van der Waals surface area contributed by atoms with Gasteiger partial charge < -0.3 is 11.1 Å². The van der Waals surface area contributed by atoms with Gasteiger partial charge in [-0.2, -0.15) is 5.10 Å². The Kier molecular flexibility index (Phi) is 3.34. The zero-order valence-corrected chi connectivity index (χ0v) is 11.1. The second-order valence-electron chi connectivity index (χ2n) is 4.43. The van der Waals surface area contributed by atoms with Crippen LogP contribution >= 0.6 is 0 Å². The van der Waals surface area contributed by atoms with E-state index in [1.807, 2.05) is 36.5 Å². The van der Waals surface area contributed by atoms with Gasteiger partial charge in [0.25, 0.3) is 5.91 Å². The van der Waals surface area contributed by atoms with Gasteiger partial charge in [0, 0.05) is 18.1 Å². The van der Waals surface area contributed by atoms with Crippen molar-refractivity contribution >= 4 is 17.3 Å². The quantitative estimate of drug-likeness (QED) is 0.768. The summed E-state index contributed by atoms with van der Waals surface area (Å²) in [6, 6.07) is 12.4. The maximum absolute atomic E-state index is 12.0. The summed E-state index contributed by atoms with van der Waals surface area (Å²) in [6.07, 6.45) is 5.02. The van der Waals surface area contributed by atoms with E-state index in [2.05, 4.69) is 15.4 Å². The van der Waals surface area contributed by atoms with Crippen LogP contribution in [0.2, 0.25) is 0 Å². The molecule has 2 aromatic heterocycles. The number of benzene rings is 1. The fourth-order valence-electron chi connectivity index (χ4n) is 1.85. The minimum Gasteiger partial charge on any atom is -0.397 e. The molecule has 3 N–H and O–H groups in total. The van der Waals surface area contributed by atoms with Gasteiger partial charge in [-0.15, -0.1) is 0 Å². The minimum absolute atomic E-state index is 0.276. The lowest BCUT2D eigenvalue weighted by molar-refractivity contribution is 0.102. The van der Waals surface area contributed by atoms with Crippen molar-refractivity contribution in [1.29, 1.82) is 0 Å². The largest absolute Gasteiger partial charge is 0.397 e. The molecule has 1 amide bonds. The Balaban J connectivity index is 1.73. The van der Waals surface area contributed by atoms with Crippen molar-refractivity contribution in [2.45, 2.75) is 0 Å². The average Bonchev–Trinajstić information content (AvgIpc) is 3.03. The van der Waals surface area contributed by atoms with Gasteiger partial charge in [-0.3, -0.25) is 4.79 Å². The summed E-state index contributed by atoms with van der Waals surface area (Å²) in [6.45, 7) is 0. The molecule has 0 saturated carbocycles. The monoisotopic (exact) mass is 279 g/mol. The zero-order chi connectivity index (χ0) is 14.7. The number of hydrogen-bond donors (Lipinski definition) is 2. The molecule has 21 heavy (non-hydrogen) atoms. The van der Waals surface area contributed by atoms with E-state index >= 15 is 0 Å². The molecule has 0 saturated heterocycles. The number of aromatic nitrogens is 3. The number of carbonyl (C=O) groups is 1. The number of nitrogens with two attached hydrogens (primary N) is 1. The van der Waals surface area contributed by atoms with Crippen molar-refractivity contribution in [3.63, 3.8) is 0 Å². The van der Waals surface area contributed by atoms with Crippen LogP contribution in [0.1, 0.15) is 10.5 Å². The van der Waals surface area contributed by atoms with E-state index in [9.17, 15) is 4.79 Å². The van der Waals surface area contributed by atoms with E-state index in [-0.39, 0.29) is 5.91 Å². The number of anilines is 2. The molecule has 0 unspecified atom stereocenters. The highest BCUT2D eigenvalue weighted by Gasteiger charge is 2.07. The van der Waals surface area contributed by atoms with Crippen molar-refractivity contribution in [2.75, 3.05) is 11.1 Å². The molecular formula is C15H13N5O. The molecule has 3 rings (SSSR count). The zero-order valence-electron chi connectivity index (χ0n) is 11.1. The summed E-state index contributed by atoms with van der Waals surface area (Å²) >= 11 is 0. The van der Waals surface area contributed by atoms with E-state index in [1.54, 1.807) is 23.0 Å². The first-order chi connectivity index (χ1) is 10.2. The molecule has 3 aromatic rings. The first kappa shape index (κ1) is 12.9. The van der Waals surface area contributed by atoms with E-state index in [1.165, 1.54) is 6.20 Å². The third kappa shape index (κ3) is 2.89. The molecule has 6 nitrogen and oxygen atoms in total. The van der Waals surface area contributed by atoms with Gasteiger partial charge in [0.15, 0.2) is 0 Å². The Labute approximate surface area is 121 Å². The first-order valence-corrected chi connectivity index (χ1v) is 6.35. The van der Waals surface area contributed by atoms with E-state index in [4.69, 9.17) is 5.73 Å². The third-order valence-electron chi connectivity index (χ3n) is 2.91. The molecule has 2 heterocycles. The normalized spacial score (nSPS) is 10.3. The maximum atomic E-state index is 12.0. The Morgan fingerprint density at radius 1 is 1.14 bits per heavy atom. The van der Waals surface area contributed by atoms with Gasteiger partial charge in [0.05, 0.1) is 17.6 Å². The molecule has 0 fully saturated rings. The third-order valence-corrected chi connectivity index (χ3v) is 2.91. The number of nitrogen functional groups attached to an aromatic ring is 1. The highest BCUT2D eigenvalue weighted by molar-refractivity contribution is 6.02. The Morgan fingerprint density at radius 3 is 2.57 bits per heavy atom. The van der Waals surface area contributed by atoms with Crippen LogP contribution < -0.4 is 11.1 Å². The van der Waals surface area contributed by atoms with Crippen LogP contribution in [0, 0.1) is 0 Å². The number of nitrogens with one attached hydrogen (secondary N) is 1. The highest BCUT2D eigenvalue weighted by atomic mass is 16.1. The van der Waals surface area contributed by atoms with Crippen molar-refractivity contribution < 1.29 is 4.79 Å². The molecule has 0 aliphatic heterocycles. The summed E-state index contributed by atoms with van der Waals surface area (Å²) in [5.74, 6) is -0.276. The lowest BCUT2D eigenvalue weighted by Crippen LogP contribution is -2.13. The number of hydrogen-bond acceptors (Lipinski definition) is 4. The SMILES string of the molecule is Nc1ccc(C(=O)Nc2ccc(-n3cccn3)cc2)nc1. The number of carbonyl (C=O) groups excluding carboxylic acids is 1. The number of pyridine rings is 1. The van der Waals surface area contributed by atoms with Crippen LogP contribution in [0.3, 0.4) is 0 Å². The number of nitrogens with zero attached hydrogens (tertiary/aromatic N) is 3. The van der Waals surface area contributed by atoms with Crippen molar-refractivity contribution in [1.82, 2.24) is 14.8 Å². The smallest absolute Gasteiger partial charge is 0.274 e. The molecule has 0 aliphatic carbocycles. The van der Waals surface area contributed by atoms with E-state index in [0.29, 0.717) is 17.1 Å². The van der Waals surface area contributed by atoms with E-state index < -0.39 is 0 Å². The van der Waals surface area contributed by atoms with Crippen LogP contribution in [0.4, 0.5) is 11.4 Å². The Hall–Kier alpha value is -3.15.